The van der Waals surface area contributed by atoms with Crippen LogP contribution in [0.4, 0.5) is 0 Å². The topological polar surface area (TPSA) is 136 Å². The molecule has 0 saturated carbocycles. The number of carboxylic acid groups (broad SMARTS) is 1. The fourth-order valence-electron chi connectivity index (χ4n) is 3.59. The van der Waals surface area contributed by atoms with E-state index in [1.807, 2.05) is 30.3 Å². The quantitative estimate of drug-likeness (QED) is 0.485. The largest absolute Gasteiger partial charge is 0.481 e. The monoisotopic (exact) mass is 414 g/mol. The van der Waals surface area contributed by atoms with Crippen LogP contribution in [-0.4, -0.2) is 68.8 Å². The van der Waals surface area contributed by atoms with Crippen LogP contribution in [0, 0.1) is 5.92 Å². The highest BCUT2D eigenvalue weighted by molar-refractivity contribution is 5.97. The number of amides is 2. The summed E-state index contributed by atoms with van der Waals surface area (Å²) in [6.45, 7) is 0.861. The van der Waals surface area contributed by atoms with Crippen molar-refractivity contribution in [2.45, 2.75) is 31.7 Å². The maximum absolute atomic E-state index is 12.7. The van der Waals surface area contributed by atoms with Crippen molar-refractivity contribution in [2.24, 2.45) is 5.92 Å². The standard InChI is InChI=1S/C21H26N4O5/c26-13-15(21(29)30)11-16(10-14-6-2-1-3-7-14)22-19(27)17-12-18(24-23-17)20(28)25-8-4-5-9-25/h1-3,6-7,12,15-16,26H,4-5,8-11,13H2,(H,22,27)(H,23,24)(H,29,30). The van der Waals surface area contributed by atoms with Gasteiger partial charge in [-0.15, -0.1) is 0 Å². The summed E-state index contributed by atoms with van der Waals surface area (Å²) < 4.78 is 0. The van der Waals surface area contributed by atoms with E-state index in [1.54, 1.807) is 4.90 Å². The minimum absolute atomic E-state index is 0.0616. The molecule has 1 fully saturated rings. The average molecular weight is 414 g/mol. The molecule has 2 unspecified atom stereocenters. The van der Waals surface area contributed by atoms with Gasteiger partial charge >= 0.3 is 5.97 Å². The smallest absolute Gasteiger partial charge is 0.308 e. The molecule has 160 valence electrons. The Hall–Kier alpha value is -3.20. The zero-order valence-electron chi connectivity index (χ0n) is 16.6. The van der Waals surface area contributed by atoms with Crippen molar-refractivity contribution < 1.29 is 24.6 Å². The molecule has 1 aromatic heterocycles. The number of H-pyrrole nitrogens is 1. The lowest BCUT2D eigenvalue weighted by atomic mass is 9.95. The van der Waals surface area contributed by atoms with Crippen LogP contribution in [0.2, 0.25) is 0 Å². The van der Waals surface area contributed by atoms with Gasteiger partial charge in [0.15, 0.2) is 5.69 Å². The Kier molecular flexibility index (Phi) is 7.18. The molecule has 1 aromatic carbocycles. The first-order valence-corrected chi connectivity index (χ1v) is 10.0. The summed E-state index contributed by atoms with van der Waals surface area (Å²) in [5.74, 6) is -2.81. The van der Waals surface area contributed by atoms with Gasteiger partial charge in [-0.05, 0) is 31.2 Å². The fourth-order valence-corrected chi connectivity index (χ4v) is 3.59. The first kappa shape index (κ1) is 21.5. The minimum atomic E-state index is -1.12. The highest BCUT2D eigenvalue weighted by Crippen LogP contribution is 2.15. The van der Waals surface area contributed by atoms with Gasteiger partial charge in [-0.25, -0.2) is 0 Å². The van der Waals surface area contributed by atoms with Crippen LogP contribution < -0.4 is 5.32 Å². The highest BCUT2D eigenvalue weighted by Gasteiger charge is 2.26. The van der Waals surface area contributed by atoms with E-state index in [0.29, 0.717) is 19.5 Å². The summed E-state index contributed by atoms with van der Waals surface area (Å²) in [7, 11) is 0. The van der Waals surface area contributed by atoms with Gasteiger partial charge in [0, 0.05) is 25.2 Å². The number of hydrogen-bond donors (Lipinski definition) is 4. The predicted octanol–water partition coefficient (Wildman–Crippen LogP) is 1.07. The Bertz CT molecular complexity index is 877. The maximum atomic E-state index is 12.7. The number of rotatable bonds is 9. The second-order valence-corrected chi connectivity index (χ2v) is 7.48. The molecule has 3 rings (SSSR count). The molecule has 0 aliphatic carbocycles. The van der Waals surface area contributed by atoms with Crippen LogP contribution in [0.3, 0.4) is 0 Å². The van der Waals surface area contributed by atoms with E-state index in [1.165, 1.54) is 6.07 Å². The molecule has 0 spiro atoms. The van der Waals surface area contributed by atoms with E-state index in [0.717, 1.165) is 18.4 Å². The number of aromatic amines is 1. The second kappa shape index (κ2) is 10.0. The van der Waals surface area contributed by atoms with Crippen molar-refractivity contribution in [3.63, 3.8) is 0 Å². The number of hydrogen-bond acceptors (Lipinski definition) is 5. The molecular formula is C21H26N4O5. The Labute approximate surface area is 174 Å². The molecule has 2 heterocycles. The summed E-state index contributed by atoms with van der Waals surface area (Å²) in [6, 6.07) is 10.2. The second-order valence-electron chi connectivity index (χ2n) is 7.48. The number of aliphatic hydroxyl groups excluding tert-OH is 1. The number of carbonyl (C=O) groups is 3. The maximum Gasteiger partial charge on any atom is 0.308 e. The number of nitrogens with zero attached hydrogens (tertiary/aromatic N) is 2. The van der Waals surface area contributed by atoms with E-state index in [9.17, 15) is 24.6 Å². The molecule has 4 N–H and O–H groups in total. The van der Waals surface area contributed by atoms with Crippen LogP contribution in [-0.2, 0) is 11.2 Å². The van der Waals surface area contributed by atoms with Gasteiger partial charge in [0.1, 0.15) is 5.69 Å². The number of carbonyl (C=O) groups excluding carboxylic acids is 2. The van der Waals surface area contributed by atoms with Crippen molar-refractivity contribution in [3.8, 4) is 0 Å². The minimum Gasteiger partial charge on any atom is -0.481 e. The molecule has 1 aliphatic heterocycles. The molecule has 2 amide bonds. The van der Waals surface area contributed by atoms with Crippen molar-refractivity contribution in [1.82, 2.24) is 20.4 Å². The number of nitrogens with one attached hydrogen (secondary N) is 2. The van der Waals surface area contributed by atoms with E-state index in [4.69, 9.17) is 0 Å². The van der Waals surface area contributed by atoms with Gasteiger partial charge in [-0.3, -0.25) is 19.5 Å². The zero-order valence-corrected chi connectivity index (χ0v) is 16.6. The van der Waals surface area contributed by atoms with Crippen molar-refractivity contribution in [1.29, 1.82) is 0 Å². The van der Waals surface area contributed by atoms with Crippen LogP contribution in [0.25, 0.3) is 0 Å². The summed E-state index contributed by atoms with van der Waals surface area (Å²) in [6.07, 6.45) is 2.39. The molecule has 0 bridgehead atoms. The lowest BCUT2D eigenvalue weighted by Crippen LogP contribution is -2.40. The fraction of sp³-hybridized carbons (Fsp3) is 0.429. The lowest BCUT2D eigenvalue weighted by Gasteiger charge is -2.21. The molecule has 0 radical (unpaired) electrons. The normalized spacial score (nSPS) is 15.6. The Morgan fingerprint density at radius 3 is 2.50 bits per heavy atom. The van der Waals surface area contributed by atoms with Crippen LogP contribution in [0.15, 0.2) is 36.4 Å². The van der Waals surface area contributed by atoms with Crippen LogP contribution in [0.5, 0.6) is 0 Å². The molecule has 1 aliphatic rings. The average Bonchev–Trinajstić information content (AvgIpc) is 3.44. The third-order valence-corrected chi connectivity index (χ3v) is 5.23. The zero-order chi connectivity index (χ0) is 21.5. The lowest BCUT2D eigenvalue weighted by molar-refractivity contribution is -0.143. The van der Waals surface area contributed by atoms with Gasteiger partial charge in [-0.1, -0.05) is 30.3 Å². The highest BCUT2D eigenvalue weighted by atomic mass is 16.4. The van der Waals surface area contributed by atoms with E-state index >= 15 is 0 Å². The number of aromatic nitrogens is 2. The molecule has 2 aromatic rings. The first-order valence-electron chi connectivity index (χ1n) is 10.0. The summed E-state index contributed by atoms with van der Waals surface area (Å²) in [5.41, 5.74) is 1.24. The summed E-state index contributed by atoms with van der Waals surface area (Å²) >= 11 is 0. The SMILES string of the molecule is O=C(NC(Cc1ccccc1)CC(CO)C(=O)O)c1cc(C(=O)N2CCCC2)[nH]n1. The molecule has 30 heavy (non-hydrogen) atoms. The van der Waals surface area contributed by atoms with Gasteiger partial charge in [-0.2, -0.15) is 5.10 Å². The predicted molar refractivity (Wildman–Crippen MR) is 108 cm³/mol. The van der Waals surface area contributed by atoms with Crippen molar-refractivity contribution in [3.05, 3.63) is 53.3 Å². The molecular weight excluding hydrogens is 388 g/mol. The van der Waals surface area contributed by atoms with Crippen molar-refractivity contribution in [2.75, 3.05) is 19.7 Å². The van der Waals surface area contributed by atoms with E-state index in [2.05, 4.69) is 15.5 Å². The van der Waals surface area contributed by atoms with Crippen LogP contribution >= 0.6 is 0 Å². The van der Waals surface area contributed by atoms with Crippen LogP contribution in [0.1, 0.15) is 45.8 Å². The van der Waals surface area contributed by atoms with Gasteiger partial charge in [0.25, 0.3) is 11.8 Å². The Balaban J connectivity index is 1.70. The number of likely N-dealkylation sites (tertiary alicyclic amines) is 1. The number of aliphatic hydroxyl groups is 1. The Morgan fingerprint density at radius 1 is 1.17 bits per heavy atom. The third kappa shape index (κ3) is 5.44. The van der Waals surface area contributed by atoms with E-state index < -0.39 is 30.4 Å². The molecule has 2 atom stereocenters. The van der Waals surface area contributed by atoms with Gasteiger partial charge < -0.3 is 20.4 Å². The number of carboxylic acids is 1. The third-order valence-electron chi connectivity index (χ3n) is 5.23. The Morgan fingerprint density at radius 2 is 1.87 bits per heavy atom. The van der Waals surface area contributed by atoms with Gasteiger partial charge in [0.2, 0.25) is 0 Å². The summed E-state index contributed by atoms with van der Waals surface area (Å²) in [4.78, 5) is 38.2. The number of aliphatic carboxylic acids is 1. The number of benzene rings is 1. The first-order chi connectivity index (χ1) is 14.5. The van der Waals surface area contributed by atoms with Gasteiger partial charge in [0.05, 0.1) is 12.5 Å². The van der Waals surface area contributed by atoms with E-state index in [-0.39, 0.29) is 23.7 Å². The molecule has 9 nitrogen and oxygen atoms in total. The molecule has 9 heteroatoms. The van der Waals surface area contributed by atoms with Crippen molar-refractivity contribution >= 4 is 17.8 Å². The molecule has 1 saturated heterocycles. The summed E-state index contributed by atoms with van der Waals surface area (Å²) in [5, 5.41) is 28.0.